The van der Waals surface area contributed by atoms with Gasteiger partial charge in [-0.1, -0.05) is 38.1 Å². The fourth-order valence-corrected chi connectivity index (χ4v) is 2.06. The van der Waals surface area contributed by atoms with Crippen molar-refractivity contribution in [1.29, 1.82) is 0 Å². The molecule has 0 aliphatic rings. The SMILES string of the molecule is Cc1cc(NCc2ccccc2CN)nc(C(C)C)n1. The van der Waals surface area contributed by atoms with Crippen molar-refractivity contribution >= 4 is 5.82 Å². The van der Waals surface area contributed by atoms with Crippen LogP contribution in [0.5, 0.6) is 0 Å². The summed E-state index contributed by atoms with van der Waals surface area (Å²) in [7, 11) is 0. The van der Waals surface area contributed by atoms with Gasteiger partial charge in [-0.2, -0.15) is 0 Å². The molecular weight excluding hydrogens is 248 g/mol. The number of anilines is 1. The molecule has 0 amide bonds. The molecule has 0 saturated heterocycles. The van der Waals surface area contributed by atoms with Crippen LogP contribution in [-0.2, 0) is 13.1 Å². The molecule has 0 bridgehead atoms. The minimum atomic E-state index is 0.326. The molecular formula is C16H22N4. The van der Waals surface area contributed by atoms with Crippen molar-refractivity contribution in [3.05, 3.63) is 53.0 Å². The molecule has 3 N–H and O–H groups in total. The van der Waals surface area contributed by atoms with E-state index in [0.717, 1.165) is 29.4 Å². The van der Waals surface area contributed by atoms with Crippen molar-refractivity contribution in [3.63, 3.8) is 0 Å². The van der Waals surface area contributed by atoms with Gasteiger partial charge in [-0.05, 0) is 18.1 Å². The van der Waals surface area contributed by atoms with Crippen LogP contribution in [0, 0.1) is 6.92 Å². The summed E-state index contributed by atoms with van der Waals surface area (Å²) in [4.78, 5) is 9.00. The van der Waals surface area contributed by atoms with E-state index in [1.807, 2.05) is 25.1 Å². The number of benzene rings is 1. The number of nitrogens with two attached hydrogens (primary N) is 1. The molecule has 2 rings (SSSR count). The molecule has 1 aromatic heterocycles. The molecule has 0 aliphatic carbocycles. The van der Waals surface area contributed by atoms with Crippen molar-refractivity contribution in [2.75, 3.05) is 5.32 Å². The normalized spacial score (nSPS) is 10.8. The Balaban J connectivity index is 2.14. The number of nitrogens with one attached hydrogen (secondary N) is 1. The average Bonchev–Trinajstić information content (AvgIpc) is 2.44. The van der Waals surface area contributed by atoms with Crippen LogP contribution >= 0.6 is 0 Å². The minimum absolute atomic E-state index is 0.326. The van der Waals surface area contributed by atoms with E-state index in [-0.39, 0.29) is 0 Å². The highest BCUT2D eigenvalue weighted by atomic mass is 15.0. The predicted molar refractivity (Wildman–Crippen MR) is 82.5 cm³/mol. The van der Waals surface area contributed by atoms with Gasteiger partial charge in [0.25, 0.3) is 0 Å². The maximum Gasteiger partial charge on any atom is 0.133 e. The Morgan fingerprint density at radius 3 is 2.50 bits per heavy atom. The largest absolute Gasteiger partial charge is 0.366 e. The van der Waals surface area contributed by atoms with E-state index in [1.165, 1.54) is 5.56 Å². The summed E-state index contributed by atoms with van der Waals surface area (Å²) >= 11 is 0. The Kier molecular flexibility index (Phi) is 4.69. The van der Waals surface area contributed by atoms with E-state index in [1.54, 1.807) is 0 Å². The third-order valence-corrected chi connectivity index (χ3v) is 3.19. The highest BCUT2D eigenvalue weighted by Gasteiger charge is 2.06. The molecule has 0 atom stereocenters. The van der Waals surface area contributed by atoms with Gasteiger partial charge in [0.1, 0.15) is 11.6 Å². The number of nitrogens with zero attached hydrogens (tertiary/aromatic N) is 2. The number of rotatable bonds is 5. The molecule has 4 nitrogen and oxygen atoms in total. The van der Waals surface area contributed by atoms with Crippen molar-refractivity contribution in [2.45, 2.75) is 39.8 Å². The van der Waals surface area contributed by atoms with E-state index in [4.69, 9.17) is 5.73 Å². The zero-order valence-corrected chi connectivity index (χ0v) is 12.4. The zero-order valence-electron chi connectivity index (χ0n) is 12.4. The van der Waals surface area contributed by atoms with E-state index in [0.29, 0.717) is 12.5 Å². The second-order valence-electron chi connectivity index (χ2n) is 5.23. The monoisotopic (exact) mass is 270 g/mol. The highest BCUT2D eigenvalue weighted by Crippen LogP contribution is 2.15. The summed E-state index contributed by atoms with van der Waals surface area (Å²) in [6.45, 7) is 7.47. The van der Waals surface area contributed by atoms with E-state index in [9.17, 15) is 0 Å². The van der Waals surface area contributed by atoms with Gasteiger partial charge in [-0.3, -0.25) is 0 Å². The van der Waals surface area contributed by atoms with Gasteiger partial charge in [0.2, 0.25) is 0 Å². The Morgan fingerprint density at radius 1 is 1.15 bits per heavy atom. The van der Waals surface area contributed by atoms with Crippen LogP contribution in [0.1, 0.15) is 42.4 Å². The van der Waals surface area contributed by atoms with Crippen molar-refractivity contribution in [3.8, 4) is 0 Å². The van der Waals surface area contributed by atoms with Crippen LogP contribution in [0.4, 0.5) is 5.82 Å². The summed E-state index contributed by atoms with van der Waals surface area (Å²) in [5, 5.41) is 3.37. The van der Waals surface area contributed by atoms with Crippen LogP contribution in [0.3, 0.4) is 0 Å². The smallest absolute Gasteiger partial charge is 0.133 e. The molecule has 0 saturated carbocycles. The second kappa shape index (κ2) is 6.48. The lowest BCUT2D eigenvalue weighted by atomic mass is 10.1. The van der Waals surface area contributed by atoms with E-state index < -0.39 is 0 Å². The predicted octanol–water partition coefficient (Wildman–Crippen LogP) is 2.98. The molecule has 0 unspecified atom stereocenters. The number of aromatic nitrogens is 2. The van der Waals surface area contributed by atoms with Crippen molar-refractivity contribution in [2.24, 2.45) is 5.73 Å². The minimum Gasteiger partial charge on any atom is -0.366 e. The lowest BCUT2D eigenvalue weighted by Crippen LogP contribution is -2.09. The molecule has 1 heterocycles. The summed E-state index contributed by atoms with van der Waals surface area (Å²) < 4.78 is 0. The second-order valence-corrected chi connectivity index (χ2v) is 5.23. The molecule has 0 radical (unpaired) electrons. The van der Waals surface area contributed by atoms with Gasteiger partial charge in [-0.25, -0.2) is 9.97 Å². The maximum absolute atomic E-state index is 5.75. The van der Waals surface area contributed by atoms with Gasteiger partial charge in [0.15, 0.2) is 0 Å². The average molecular weight is 270 g/mol. The first-order valence-electron chi connectivity index (χ1n) is 6.96. The molecule has 2 aromatic rings. The Labute approximate surface area is 120 Å². The fourth-order valence-electron chi connectivity index (χ4n) is 2.06. The van der Waals surface area contributed by atoms with Gasteiger partial charge in [-0.15, -0.1) is 0 Å². The fraction of sp³-hybridized carbons (Fsp3) is 0.375. The van der Waals surface area contributed by atoms with Crippen LogP contribution in [-0.4, -0.2) is 9.97 Å². The van der Waals surface area contributed by atoms with Crippen LogP contribution < -0.4 is 11.1 Å². The summed E-state index contributed by atoms with van der Waals surface area (Å²) in [5.41, 5.74) is 9.11. The van der Waals surface area contributed by atoms with Crippen molar-refractivity contribution < 1.29 is 0 Å². The lowest BCUT2D eigenvalue weighted by molar-refractivity contribution is 0.766. The van der Waals surface area contributed by atoms with Crippen molar-refractivity contribution in [1.82, 2.24) is 9.97 Å². The number of hydrogen-bond acceptors (Lipinski definition) is 4. The Hall–Kier alpha value is -1.94. The van der Waals surface area contributed by atoms with Crippen LogP contribution in [0.25, 0.3) is 0 Å². The summed E-state index contributed by atoms with van der Waals surface area (Å²) in [5.74, 6) is 2.07. The first-order chi connectivity index (χ1) is 9.60. The standard InChI is InChI=1S/C16H22N4/c1-11(2)16-19-12(3)8-15(20-16)18-10-14-7-5-4-6-13(14)9-17/h4-8,11H,9-10,17H2,1-3H3,(H,18,19,20). The first kappa shape index (κ1) is 14.5. The molecule has 106 valence electrons. The summed E-state index contributed by atoms with van der Waals surface area (Å²) in [6.07, 6.45) is 0. The topological polar surface area (TPSA) is 63.8 Å². The molecule has 0 fully saturated rings. The molecule has 0 spiro atoms. The van der Waals surface area contributed by atoms with E-state index >= 15 is 0 Å². The highest BCUT2D eigenvalue weighted by molar-refractivity contribution is 5.39. The number of hydrogen-bond donors (Lipinski definition) is 2. The third-order valence-electron chi connectivity index (χ3n) is 3.19. The first-order valence-corrected chi connectivity index (χ1v) is 6.96. The van der Waals surface area contributed by atoms with Gasteiger partial charge < -0.3 is 11.1 Å². The van der Waals surface area contributed by atoms with Gasteiger partial charge in [0.05, 0.1) is 0 Å². The third kappa shape index (κ3) is 3.54. The zero-order chi connectivity index (χ0) is 14.5. The quantitative estimate of drug-likeness (QED) is 0.876. The lowest BCUT2D eigenvalue weighted by Gasteiger charge is -2.12. The Bertz CT molecular complexity index is 578. The molecule has 4 heteroatoms. The summed E-state index contributed by atoms with van der Waals surface area (Å²) in [6, 6.07) is 10.2. The molecule has 1 aromatic carbocycles. The van der Waals surface area contributed by atoms with Crippen LogP contribution in [0.2, 0.25) is 0 Å². The van der Waals surface area contributed by atoms with E-state index in [2.05, 4.69) is 41.3 Å². The van der Waals surface area contributed by atoms with Crippen LogP contribution in [0.15, 0.2) is 30.3 Å². The molecule has 20 heavy (non-hydrogen) atoms. The molecule has 0 aliphatic heterocycles. The number of aryl methyl sites for hydroxylation is 1. The van der Waals surface area contributed by atoms with Gasteiger partial charge in [0, 0.05) is 30.8 Å². The van der Waals surface area contributed by atoms with Gasteiger partial charge >= 0.3 is 0 Å². The maximum atomic E-state index is 5.75. The Morgan fingerprint density at radius 2 is 1.85 bits per heavy atom.